The van der Waals surface area contributed by atoms with Crippen molar-refractivity contribution in [2.24, 2.45) is 11.3 Å². The van der Waals surface area contributed by atoms with Crippen LogP contribution >= 0.6 is 0 Å². The second-order valence-corrected chi connectivity index (χ2v) is 6.00. The maximum absolute atomic E-state index is 13.2. The van der Waals surface area contributed by atoms with Gasteiger partial charge in [-0.05, 0) is 41.9 Å². The van der Waals surface area contributed by atoms with Crippen LogP contribution in [0.25, 0.3) is 0 Å². The first-order valence-corrected chi connectivity index (χ1v) is 5.92. The number of hydrogen-bond acceptors (Lipinski definition) is 1. The van der Waals surface area contributed by atoms with Crippen LogP contribution in [-0.2, 0) is 5.60 Å². The van der Waals surface area contributed by atoms with Gasteiger partial charge in [-0.1, -0.05) is 26.8 Å². The van der Waals surface area contributed by atoms with Crippen LogP contribution in [0.4, 0.5) is 8.78 Å². The summed E-state index contributed by atoms with van der Waals surface area (Å²) in [6.45, 7) is 6.12. The van der Waals surface area contributed by atoms with Crippen molar-refractivity contribution >= 4 is 0 Å². The van der Waals surface area contributed by atoms with Crippen molar-refractivity contribution in [2.45, 2.75) is 39.2 Å². The molecule has 0 spiro atoms. The molecule has 1 aromatic rings. The van der Waals surface area contributed by atoms with E-state index in [9.17, 15) is 13.9 Å². The van der Waals surface area contributed by atoms with E-state index in [-0.39, 0.29) is 11.3 Å². The summed E-state index contributed by atoms with van der Waals surface area (Å²) in [5.41, 5.74) is -0.536. The third-order valence-corrected chi connectivity index (χ3v) is 3.84. The Hall–Kier alpha value is -0.960. The monoisotopic (exact) mass is 240 g/mol. The smallest absolute Gasteiger partial charge is 0.159 e. The van der Waals surface area contributed by atoms with Crippen LogP contribution in [0.1, 0.15) is 39.2 Å². The molecule has 3 heteroatoms. The first-order chi connectivity index (χ1) is 7.74. The van der Waals surface area contributed by atoms with E-state index in [1.165, 1.54) is 6.07 Å². The molecule has 1 saturated carbocycles. The second kappa shape index (κ2) is 3.77. The largest absolute Gasteiger partial charge is 0.385 e. The summed E-state index contributed by atoms with van der Waals surface area (Å²) in [5.74, 6) is -1.72. The number of aliphatic hydroxyl groups is 1. The van der Waals surface area contributed by atoms with Gasteiger partial charge in [0.1, 0.15) is 0 Å². The van der Waals surface area contributed by atoms with Crippen LogP contribution in [0.5, 0.6) is 0 Å². The van der Waals surface area contributed by atoms with Gasteiger partial charge >= 0.3 is 0 Å². The Bertz CT molecular complexity index is 442. The Morgan fingerprint density at radius 3 is 2.35 bits per heavy atom. The van der Waals surface area contributed by atoms with Crippen molar-refractivity contribution in [1.29, 1.82) is 0 Å². The van der Waals surface area contributed by atoms with Crippen LogP contribution in [0.3, 0.4) is 0 Å². The van der Waals surface area contributed by atoms with Crippen molar-refractivity contribution in [3.63, 3.8) is 0 Å². The summed E-state index contributed by atoms with van der Waals surface area (Å²) in [4.78, 5) is 0. The molecule has 1 nitrogen and oxygen atoms in total. The third kappa shape index (κ3) is 2.08. The Balaban J connectivity index is 2.42. The average molecular weight is 240 g/mol. The molecule has 0 radical (unpaired) electrons. The van der Waals surface area contributed by atoms with Gasteiger partial charge in [0.15, 0.2) is 11.6 Å². The highest BCUT2D eigenvalue weighted by molar-refractivity contribution is 5.27. The predicted octanol–water partition coefficient (Wildman–Crippen LogP) is 3.61. The number of hydrogen-bond donors (Lipinski definition) is 1. The molecule has 1 aliphatic carbocycles. The van der Waals surface area contributed by atoms with E-state index in [0.29, 0.717) is 12.0 Å². The highest BCUT2D eigenvalue weighted by Gasteiger charge is 2.48. The molecule has 0 amide bonds. The molecular weight excluding hydrogens is 222 g/mol. The molecule has 1 aliphatic rings. The molecular formula is C14H18F2O. The third-order valence-electron chi connectivity index (χ3n) is 3.84. The van der Waals surface area contributed by atoms with E-state index in [1.54, 1.807) is 0 Å². The molecule has 0 heterocycles. The molecule has 2 atom stereocenters. The first kappa shape index (κ1) is 12.5. The zero-order valence-electron chi connectivity index (χ0n) is 10.4. The van der Waals surface area contributed by atoms with Crippen LogP contribution in [0.15, 0.2) is 18.2 Å². The maximum atomic E-state index is 13.2. The first-order valence-electron chi connectivity index (χ1n) is 5.92. The minimum absolute atomic E-state index is 0.0268. The predicted molar refractivity (Wildman–Crippen MR) is 62.4 cm³/mol. The Kier molecular flexibility index (Phi) is 2.77. The normalized spacial score (nSPS) is 31.8. The summed E-state index contributed by atoms with van der Waals surface area (Å²) < 4.78 is 26.1. The second-order valence-electron chi connectivity index (χ2n) is 6.00. The van der Waals surface area contributed by atoms with Crippen molar-refractivity contribution in [2.75, 3.05) is 0 Å². The molecule has 1 fully saturated rings. The van der Waals surface area contributed by atoms with E-state index in [4.69, 9.17) is 0 Å². The standard InChI is InChI=1S/C14H18F2O/c1-9-7-13(2,3)8-14(9,17)10-4-5-11(15)12(16)6-10/h4-6,9,17H,7-8H2,1-3H3. The molecule has 2 rings (SSSR count). The van der Waals surface area contributed by atoms with E-state index >= 15 is 0 Å². The number of rotatable bonds is 1. The van der Waals surface area contributed by atoms with Crippen molar-refractivity contribution in [3.05, 3.63) is 35.4 Å². The summed E-state index contributed by atoms with van der Waals surface area (Å²) in [6.07, 6.45) is 1.45. The summed E-state index contributed by atoms with van der Waals surface area (Å²) in [6, 6.07) is 3.68. The van der Waals surface area contributed by atoms with Gasteiger partial charge in [0.2, 0.25) is 0 Å². The van der Waals surface area contributed by atoms with Gasteiger partial charge in [0.05, 0.1) is 5.60 Å². The zero-order chi connectivity index (χ0) is 12.8. The molecule has 1 N–H and O–H groups in total. The lowest BCUT2D eigenvalue weighted by atomic mass is 9.83. The zero-order valence-corrected chi connectivity index (χ0v) is 10.4. The maximum Gasteiger partial charge on any atom is 0.159 e. The van der Waals surface area contributed by atoms with Gasteiger partial charge in [-0.25, -0.2) is 8.78 Å². The molecule has 0 saturated heterocycles. The van der Waals surface area contributed by atoms with Crippen LogP contribution < -0.4 is 0 Å². The van der Waals surface area contributed by atoms with Crippen molar-refractivity contribution in [3.8, 4) is 0 Å². The van der Waals surface area contributed by atoms with E-state index in [1.807, 2.05) is 6.92 Å². The van der Waals surface area contributed by atoms with Gasteiger partial charge < -0.3 is 5.11 Å². The lowest BCUT2D eigenvalue weighted by Gasteiger charge is -2.29. The fourth-order valence-corrected chi connectivity index (χ4v) is 3.13. The minimum Gasteiger partial charge on any atom is -0.385 e. The fraction of sp³-hybridized carbons (Fsp3) is 0.571. The van der Waals surface area contributed by atoms with Gasteiger partial charge in [-0.3, -0.25) is 0 Å². The minimum atomic E-state index is -1.04. The van der Waals surface area contributed by atoms with E-state index < -0.39 is 17.2 Å². The van der Waals surface area contributed by atoms with Crippen molar-refractivity contribution in [1.82, 2.24) is 0 Å². The van der Waals surface area contributed by atoms with Crippen LogP contribution in [-0.4, -0.2) is 5.11 Å². The SMILES string of the molecule is CC1CC(C)(C)CC1(O)c1ccc(F)c(F)c1. The highest BCUT2D eigenvalue weighted by atomic mass is 19.2. The van der Waals surface area contributed by atoms with Gasteiger partial charge in [-0.2, -0.15) is 0 Å². The lowest BCUT2D eigenvalue weighted by Crippen LogP contribution is -2.29. The van der Waals surface area contributed by atoms with Gasteiger partial charge in [-0.15, -0.1) is 0 Å². The molecule has 2 unspecified atom stereocenters. The fourth-order valence-electron chi connectivity index (χ4n) is 3.13. The van der Waals surface area contributed by atoms with Crippen molar-refractivity contribution < 1.29 is 13.9 Å². The number of benzene rings is 1. The number of halogens is 2. The summed E-state index contributed by atoms with van der Waals surface area (Å²) in [7, 11) is 0. The van der Waals surface area contributed by atoms with Crippen LogP contribution in [0.2, 0.25) is 0 Å². The molecule has 0 aliphatic heterocycles. The Labute approximate surface area is 100 Å². The Morgan fingerprint density at radius 1 is 1.24 bits per heavy atom. The topological polar surface area (TPSA) is 20.2 Å². The Morgan fingerprint density at radius 2 is 1.88 bits per heavy atom. The summed E-state index contributed by atoms with van der Waals surface area (Å²) >= 11 is 0. The quantitative estimate of drug-likeness (QED) is 0.795. The van der Waals surface area contributed by atoms with E-state index in [0.717, 1.165) is 18.6 Å². The molecule has 0 bridgehead atoms. The molecule has 17 heavy (non-hydrogen) atoms. The van der Waals surface area contributed by atoms with Gasteiger partial charge in [0.25, 0.3) is 0 Å². The lowest BCUT2D eigenvalue weighted by molar-refractivity contribution is -0.00120. The highest BCUT2D eigenvalue weighted by Crippen LogP contribution is 2.52. The average Bonchev–Trinajstić information content (AvgIpc) is 2.41. The van der Waals surface area contributed by atoms with Crippen LogP contribution in [0, 0.1) is 23.0 Å². The summed E-state index contributed by atoms with van der Waals surface area (Å²) in [5, 5.41) is 10.7. The van der Waals surface area contributed by atoms with E-state index in [2.05, 4.69) is 13.8 Å². The molecule has 94 valence electrons. The van der Waals surface area contributed by atoms with Gasteiger partial charge in [0, 0.05) is 0 Å². The molecule has 1 aromatic carbocycles. The molecule has 0 aromatic heterocycles.